The Kier molecular flexibility index (Phi) is 2.63. The summed E-state index contributed by atoms with van der Waals surface area (Å²) in [6.45, 7) is 2.05. The normalized spacial score (nSPS) is 10.2. The van der Waals surface area contributed by atoms with Gasteiger partial charge in [-0.15, -0.1) is 0 Å². The maximum absolute atomic E-state index is 10.5. The molecule has 0 spiro atoms. The van der Waals surface area contributed by atoms with E-state index in [2.05, 4.69) is 16.9 Å². The van der Waals surface area contributed by atoms with E-state index in [1.165, 1.54) is 0 Å². The molecule has 0 saturated carbocycles. The molecule has 0 radical (unpaired) electrons. The highest BCUT2D eigenvalue weighted by Crippen LogP contribution is 2.17. The van der Waals surface area contributed by atoms with Crippen molar-refractivity contribution in [2.75, 3.05) is 0 Å². The standard InChI is InChI=1S/C12H12N2O/c1-2-12-13-7-11(14-12)10-5-3-9(8-15)4-6-10/h3-8H,2H2,1H3,(H,13,14). The smallest absolute Gasteiger partial charge is 0.150 e. The van der Waals surface area contributed by atoms with Gasteiger partial charge in [-0.25, -0.2) is 4.98 Å². The molecule has 1 aromatic carbocycles. The highest BCUT2D eigenvalue weighted by molar-refractivity contribution is 5.76. The molecular weight excluding hydrogens is 188 g/mol. The lowest BCUT2D eigenvalue weighted by Crippen LogP contribution is -1.83. The minimum atomic E-state index is 0.689. The summed E-state index contributed by atoms with van der Waals surface area (Å²) < 4.78 is 0. The predicted octanol–water partition coefficient (Wildman–Crippen LogP) is 2.45. The Balaban J connectivity index is 2.32. The number of rotatable bonds is 3. The van der Waals surface area contributed by atoms with Crippen molar-refractivity contribution in [1.29, 1.82) is 0 Å². The van der Waals surface area contributed by atoms with Gasteiger partial charge >= 0.3 is 0 Å². The molecule has 1 N–H and O–H groups in total. The van der Waals surface area contributed by atoms with Gasteiger partial charge in [0.1, 0.15) is 12.1 Å². The van der Waals surface area contributed by atoms with Crippen molar-refractivity contribution < 1.29 is 4.79 Å². The first-order valence-electron chi connectivity index (χ1n) is 4.93. The lowest BCUT2D eigenvalue weighted by molar-refractivity contribution is 0.112. The van der Waals surface area contributed by atoms with Crippen LogP contribution < -0.4 is 0 Å². The van der Waals surface area contributed by atoms with Crippen LogP contribution in [0.25, 0.3) is 11.3 Å². The zero-order valence-electron chi connectivity index (χ0n) is 8.53. The van der Waals surface area contributed by atoms with Gasteiger partial charge in [0.05, 0.1) is 11.9 Å². The van der Waals surface area contributed by atoms with E-state index in [4.69, 9.17) is 0 Å². The zero-order valence-corrected chi connectivity index (χ0v) is 8.53. The first kappa shape index (κ1) is 9.65. The average Bonchev–Trinajstić information content (AvgIpc) is 2.78. The highest BCUT2D eigenvalue weighted by Gasteiger charge is 2.01. The number of imidazole rings is 1. The number of hydrogen-bond acceptors (Lipinski definition) is 2. The van der Waals surface area contributed by atoms with Crippen molar-refractivity contribution in [1.82, 2.24) is 9.97 Å². The summed E-state index contributed by atoms with van der Waals surface area (Å²) in [4.78, 5) is 17.9. The number of aryl methyl sites for hydroxylation is 1. The fourth-order valence-corrected chi connectivity index (χ4v) is 1.43. The zero-order chi connectivity index (χ0) is 10.7. The molecule has 76 valence electrons. The largest absolute Gasteiger partial charge is 0.342 e. The van der Waals surface area contributed by atoms with Gasteiger partial charge in [-0.05, 0) is 5.56 Å². The molecule has 0 aliphatic carbocycles. The monoisotopic (exact) mass is 200 g/mol. The van der Waals surface area contributed by atoms with E-state index in [0.717, 1.165) is 29.8 Å². The summed E-state index contributed by atoms with van der Waals surface area (Å²) in [6.07, 6.45) is 3.55. The SMILES string of the molecule is CCc1ncc(-c2ccc(C=O)cc2)[nH]1. The number of aldehydes is 1. The van der Waals surface area contributed by atoms with Gasteiger partial charge in [0.2, 0.25) is 0 Å². The number of nitrogens with zero attached hydrogens (tertiary/aromatic N) is 1. The first-order chi connectivity index (χ1) is 7.33. The number of carbonyl (C=O) groups is 1. The van der Waals surface area contributed by atoms with Crippen LogP contribution >= 0.6 is 0 Å². The first-order valence-corrected chi connectivity index (χ1v) is 4.93. The molecule has 1 heterocycles. The van der Waals surface area contributed by atoms with Crippen molar-refractivity contribution in [2.45, 2.75) is 13.3 Å². The molecule has 0 fully saturated rings. The predicted molar refractivity (Wildman–Crippen MR) is 58.8 cm³/mol. The second-order valence-corrected chi connectivity index (χ2v) is 3.34. The molecule has 0 amide bonds. The third kappa shape index (κ3) is 1.96. The summed E-state index contributed by atoms with van der Waals surface area (Å²) in [6, 6.07) is 7.43. The third-order valence-corrected chi connectivity index (χ3v) is 2.32. The van der Waals surface area contributed by atoms with Crippen molar-refractivity contribution in [3.05, 3.63) is 41.9 Å². The number of nitrogens with one attached hydrogen (secondary N) is 1. The maximum atomic E-state index is 10.5. The number of hydrogen-bond donors (Lipinski definition) is 1. The maximum Gasteiger partial charge on any atom is 0.150 e. The fourth-order valence-electron chi connectivity index (χ4n) is 1.43. The Morgan fingerprint density at radius 3 is 2.60 bits per heavy atom. The Morgan fingerprint density at radius 2 is 2.07 bits per heavy atom. The Hall–Kier alpha value is -1.90. The number of benzene rings is 1. The lowest BCUT2D eigenvalue weighted by atomic mass is 10.1. The van der Waals surface area contributed by atoms with Gasteiger partial charge in [0.25, 0.3) is 0 Å². The Bertz CT molecular complexity index is 457. The molecule has 0 aliphatic heterocycles. The minimum absolute atomic E-state index is 0.689. The highest BCUT2D eigenvalue weighted by atomic mass is 16.1. The second-order valence-electron chi connectivity index (χ2n) is 3.34. The van der Waals surface area contributed by atoms with Crippen LogP contribution in [-0.2, 0) is 6.42 Å². The lowest BCUT2D eigenvalue weighted by Gasteiger charge is -1.97. The summed E-state index contributed by atoms with van der Waals surface area (Å²) in [5.41, 5.74) is 2.73. The molecule has 3 nitrogen and oxygen atoms in total. The van der Waals surface area contributed by atoms with E-state index < -0.39 is 0 Å². The summed E-state index contributed by atoms with van der Waals surface area (Å²) >= 11 is 0. The number of aromatic nitrogens is 2. The van der Waals surface area contributed by atoms with Gasteiger partial charge in [-0.3, -0.25) is 4.79 Å². The van der Waals surface area contributed by atoms with Gasteiger partial charge in [0.15, 0.2) is 0 Å². The molecule has 0 bridgehead atoms. The van der Waals surface area contributed by atoms with Gasteiger partial charge in [-0.1, -0.05) is 31.2 Å². The fraction of sp³-hybridized carbons (Fsp3) is 0.167. The average molecular weight is 200 g/mol. The molecule has 0 atom stereocenters. The Labute approximate surface area is 88.2 Å². The number of carbonyl (C=O) groups excluding carboxylic acids is 1. The molecule has 0 saturated heterocycles. The van der Waals surface area contributed by atoms with Crippen LogP contribution in [0, 0.1) is 0 Å². The van der Waals surface area contributed by atoms with E-state index in [-0.39, 0.29) is 0 Å². The molecule has 0 aliphatic rings. The molecule has 2 rings (SSSR count). The number of aromatic amines is 1. The van der Waals surface area contributed by atoms with E-state index in [1.807, 2.05) is 18.3 Å². The van der Waals surface area contributed by atoms with Gasteiger partial charge in [-0.2, -0.15) is 0 Å². The van der Waals surface area contributed by atoms with Crippen LogP contribution in [-0.4, -0.2) is 16.3 Å². The van der Waals surface area contributed by atoms with Gasteiger partial charge in [0, 0.05) is 12.0 Å². The second kappa shape index (κ2) is 4.09. The molecule has 3 heteroatoms. The van der Waals surface area contributed by atoms with E-state index in [0.29, 0.717) is 5.56 Å². The summed E-state index contributed by atoms with van der Waals surface area (Å²) in [5, 5.41) is 0. The van der Waals surface area contributed by atoms with Crippen molar-refractivity contribution in [3.8, 4) is 11.3 Å². The topological polar surface area (TPSA) is 45.8 Å². The summed E-state index contributed by atoms with van der Waals surface area (Å²) in [7, 11) is 0. The van der Waals surface area contributed by atoms with E-state index in [1.54, 1.807) is 12.1 Å². The molecular formula is C12H12N2O. The van der Waals surface area contributed by atoms with Crippen LogP contribution in [0.4, 0.5) is 0 Å². The Morgan fingerprint density at radius 1 is 1.33 bits per heavy atom. The molecule has 2 aromatic rings. The minimum Gasteiger partial charge on any atom is -0.342 e. The van der Waals surface area contributed by atoms with Crippen LogP contribution in [0.15, 0.2) is 30.5 Å². The molecule has 0 unspecified atom stereocenters. The van der Waals surface area contributed by atoms with Crippen LogP contribution in [0.5, 0.6) is 0 Å². The van der Waals surface area contributed by atoms with Crippen LogP contribution in [0.1, 0.15) is 23.1 Å². The van der Waals surface area contributed by atoms with Crippen LogP contribution in [0.2, 0.25) is 0 Å². The third-order valence-electron chi connectivity index (χ3n) is 2.32. The van der Waals surface area contributed by atoms with Crippen molar-refractivity contribution in [3.63, 3.8) is 0 Å². The quantitative estimate of drug-likeness (QED) is 0.773. The number of H-pyrrole nitrogens is 1. The van der Waals surface area contributed by atoms with Gasteiger partial charge < -0.3 is 4.98 Å². The van der Waals surface area contributed by atoms with E-state index in [9.17, 15) is 4.79 Å². The molecule has 1 aromatic heterocycles. The van der Waals surface area contributed by atoms with Crippen molar-refractivity contribution in [2.24, 2.45) is 0 Å². The van der Waals surface area contributed by atoms with Crippen molar-refractivity contribution >= 4 is 6.29 Å². The van der Waals surface area contributed by atoms with E-state index >= 15 is 0 Å². The van der Waals surface area contributed by atoms with Crippen LogP contribution in [0.3, 0.4) is 0 Å². The molecule has 15 heavy (non-hydrogen) atoms. The summed E-state index contributed by atoms with van der Waals surface area (Å²) in [5.74, 6) is 0.976.